The molecule has 0 aromatic carbocycles. The van der Waals surface area contributed by atoms with Crippen molar-refractivity contribution in [3.63, 3.8) is 0 Å². The summed E-state index contributed by atoms with van der Waals surface area (Å²) in [6.07, 6.45) is 6.01. The van der Waals surface area contributed by atoms with Gasteiger partial charge in [-0.2, -0.15) is 0 Å². The summed E-state index contributed by atoms with van der Waals surface area (Å²) in [4.78, 5) is 21.8. The van der Waals surface area contributed by atoms with Crippen LogP contribution in [0.1, 0.15) is 46.0 Å². The average Bonchev–Trinajstić information content (AvgIpc) is 3.30. The lowest BCUT2D eigenvalue weighted by atomic mass is 9.98. The van der Waals surface area contributed by atoms with Gasteiger partial charge in [0.1, 0.15) is 18.8 Å². The van der Waals surface area contributed by atoms with Gasteiger partial charge in [-0.05, 0) is 39.5 Å². The predicted octanol–water partition coefficient (Wildman–Crippen LogP) is 2.94. The predicted molar refractivity (Wildman–Crippen MR) is 83.3 cm³/mol. The van der Waals surface area contributed by atoms with Crippen LogP contribution < -0.4 is 0 Å². The lowest BCUT2D eigenvalue weighted by Crippen LogP contribution is -2.20. The van der Waals surface area contributed by atoms with Crippen LogP contribution in [0.3, 0.4) is 0 Å². The van der Waals surface area contributed by atoms with Crippen molar-refractivity contribution in [2.24, 2.45) is 0 Å². The maximum atomic E-state index is 11.1. The molecule has 2 rings (SSSR count). The number of esters is 2. The third-order valence-electron chi connectivity index (χ3n) is 3.33. The second kappa shape index (κ2) is 9.41. The largest absolute Gasteiger partial charge is 0.459 e. The summed E-state index contributed by atoms with van der Waals surface area (Å²) in [7, 11) is 0. The number of rotatable bonds is 5. The van der Waals surface area contributed by atoms with Gasteiger partial charge in [-0.25, -0.2) is 9.59 Å². The van der Waals surface area contributed by atoms with E-state index in [2.05, 4.69) is 13.2 Å². The normalized spacial score (nSPS) is 20.2. The summed E-state index contributed by atoms with van der Waals surface area (Å²) in [6.45, 7) is 11.4. The van der Waals surface area contributed by atoms with Crippen molar-refractivity contribution < 1.29 is 23.8 Å². The quantitative estimate of drug-likeness (QED) is 0.444. The Morgan fingerprint density at radius 1 is 1.05 bits per heavy atom. The van der Waals surface area contributed by atoms with Crippen molar-refractivity contribution in [3.05, 3.63) is 24.3 Å². The average molecular weight is 310 g/mol. The van der Waals surface area contributed by atoms with Crippen LogP contribution >= 0.6 is 0 Å². The molecule has 0 bridgehead atoms. The van der Waals surface area contributed by atoms with E-state index in [-0.39, 0.29) is 24.1 Å². The smallest absolute Gasteiger partial charge is 0.333 e. The molecule has 1 heterocycles. The molecule has 1 atom stereocenters. The van der Waals surface area contributed by atoms with Gasteiger partial charge in [0.2, 0.25) is 0 Å². The lowest BCUT2D eigenvalue weighted by Gasteiger charge is -2.21. The number of hydrogen-bond acceptors (Lipinski definition) is 5. The van der Waals surface area contributed by atoms with E-state index in [4.69, 9.17) is 14.2 Å². The number of epoxide rings is 1. The Hall–Kier alpha value is -1.62. The molecule has 1 unspecified atom stereocenters. The van der Waals surface area contributed by atoms with Gasteiger partial charge in [0, 0.05) is 11.1 Å². The van der Waals surface area contributed by atoms with Crippen LogP contribution in [-0.2, 0) is 23.8 Å². The molecule has 2 aliphatic rings. The van der Waals surface area contributed by atoms with Crippen LogP contribution in [-0.4, -0.2) is 37.4 Å². The number of carbonyl (C=O) groups excluding carboxylic acids is 2. The van der Waals surface area contributed by atoms with E-state index in [1.165, 1.54) is 19.3 Å². The number of hydrogen-bond donors (Lipinski definition) is 0. The Balaban J connectivity index is 0.000000224. The molecule has 2 fully saturated rings. The molecule has 0 N–H and O–H groups in total. The van der Waals surface area contributed by atoms with E-state index in [0.29, 0.717) is 24.4 Å². The van der Waals surface area contributed by atoms with Crippen molar-refractivity contribution in [1.82, 2.24) is 0 Å². The summed E-state index contributed by atoms with van der Waals surface area (Å²) in [6, 6.07) is 0. The van der Waals surface area contributed by atoms with Crippen molar-refractivity contribution in [2.75, 3.05) is 13.2 Å². The van der Waals surface area contributed by atoms with Crippen LogP contribution in [0.25, 0.3) is 0 Å². The van der Waals surface area contributed by atoms with E-state index in [1.54, 1.807) is 13.8 Å². The molecule has 0 spiro atoms. The second-order valence-electron chi connectivity index (χ2n) is 5.78. The first-order valence-corrected chi connectivity index (χ1v) is 7.71. The molecule has 0 amide bonds. The van der Waals surface area contributed by atoms with E-state index < -0.39 is 0 Å². The molecular weight excluding hydrogens is 284 g/mol. The summed E-state index contributed by atoms with van der Waals surface area (Å²) in [5.74, 6) is -0.572. The Morgan fingerprint density at radius 3 is 2.05 bits per heavy atom. The van der Waals surface area contributed by atoms with Gasteiger partial charge in [0.05, 0.1) is 6.61 Å². The second-order valence-corrected chi connectivity index (χ2v) is 5.78. The van der Waals surface area contributed by atoms with Crippen LogP contribution in [0.15, 0.2) is 24.3 Å². The van der Waals surface area contributed by atoms with Crippen molar-refractivity contribution in [2.45, 2.75) is 58.2 Å². The summed E-state index contributed by atoms with van der Waals surface area (Å²) in [5.41, 5.74) is 0.932. The minimum atomic E-state index is -0.337. The fraction of sp³-hybridized carbons (Fsp3) is 0.647. The highest BCUT2D eigenvalue weighted by molar-refractivity contribution is 5.87. The van der Waals surface area contributed by atoms with Gasteiger partial charge >= 0.3 is 11.9 Å². The third-order valence-corrected chi connectivity index (χ3v) is 3.33. The standard InChI is InChI=1S/C10H16O2.C7H10O3/c1-8(2)10(11)12-9-6-4-3-5-7-9;1-5(2)7(8)10-4-6-3-9-6/h9H,1,3-7H2,2H3;6H,1,3-4H2,2H3. The molecule has 0 aromatic rings. The Bertz CT molecular complexity index is 417. The van der Waals surface area contributed by atoms with Gasteiger partial charge in [0.25, 0.3) is 0 Å². The van der Waals surface area contributed by atoms with Gasteiger partial charge in [-0.3, -0.25) is 0 Å². The van der Waals surface area contributed by atoms with E-state index in [1.807, 2.05) is 0 Å². The number of carbonyl (C=O) groups is 2. The molecule has 5 nitrogen and oxygen atoms in total. The zero-order valence-electron chi connectivity index (χ0n) is 13.6. The Kier molecular flexibility index (Phi) is 7.88. The molecule has 5 heteroatoms. The van der Waals surface area contributed by atoms with Crippen LogP contribution in [0.5, 0.6) is 0 Å². The lowest BCUT2D eigenvalue weighted by molar-refractivity contribution is -0.145. The molecule has 1 saturated carbocycles. The maximum Gasteiger partial charge on any atom is 0.333 e. The molecule has 1 aliphatic carbocycles. The van der Waals surface area contributed by atoms with Crippen molar-refractivity contribution in [3.8, 4) is 0 Å². The Morgan fingerprint density at radius 2 is 1.59 bits per heavy atom. The number of ether oxygens (including phenoxy) is 3. The minimum absolute atomic E-state index is 0.142. The first-order valence-electron chi connectivity index (χ1n) is 7.71. The highest BCUT2D eigenvalue weighted by Crippen LogP contribution is 2.20. The molecule has 1 saturated heterocycles. The molecule has 0 aromatic heterocycles. The highest BCUT2D eigenvalue weighted by atomic mass is 16.6. The van der Waals surface area contributed by atoms with E-state index in [9.17, 15) is 9.59 Å². The van der Waals surface area contributed by atoms with Crippen LogP contribution in [0.4, 0.5) is 0 Å². The summed E-state index contributed by atoms with van der Waals surface area (Å²) < 4.78 is 14.8. The minimum Gasteiger partial charge on any atom is -0.459 e. The highest BCUT2D eigenvalue weighted by Gasteiger charge is 2.24. The maximum absolute atomic E-state index is 11.1. The van der Waals surface area contributed by atoms with Gasteiger partial charge < -0.3 is 14.2 Å². The molecule has 124 valence electrons. The molecule has 0 radical (unpaired) electrons. The topological polar surface area (TPSA) is 65.1 Å². The van der Waals surface area contributed by atoms with E-state index >= 15 is 0 Å². The van der Waals surface area contributed by atoms with Gasteiger partial charge in [0.15, 0.2) is 0 Å². The van der Waals surface area contributed by atoms with Crippen LogP contribution in [0, 0.1) is 0 Å². The summed E-state index contributed by atoms with van der Waals surface area (Å²) >= 11 is 0. The van der Waals surface area contributed by atoms with Gasteiger partial charge in [-0.15, -0.1) is 0 Å². The third kappa shape index (κ3) is 7.98. The van der Waals surface area contributed by atoms with Crippen molar-refractivity contribution in [1.29, 1.82) is 0 Å². The fourth-order valence-electron chi connectivity index (χ4n) is 1.89. The SMILES string of the molecule is C=C(C)C(=O)OC1CCCCC1.C=C(C)C(=O)OCC1CO1. The monoisotopic (exact) mass is 310 g/mol. The molecule has 1 aliphatic heterocycles. The zero-order valence-corrected chi connectivity index (χ0v) is 13.6. The van der Waals surface area contributed by atoms with E-state index in [0.717, 1.165) is 12.8 Å². The van der Waals surface area contributed by atoms with Gasteiger partial charge in [-0.1, -0.05) is 19.6 Å². The summed E-state index contributed by atoms with van der Waals surface area (Å²) in [5, 5.41) is 0. The fourth-order valence-corrected chi connectivity index (χ4v) is 1.89. The Labute approximate surface area is 132 Å². The van der Waals surface area contributed by atoms with Crippen LogP contribution in [0.2, 0.25) is 0 Å². The first kappa shape index (κ1) is 18.4. The molecule has 22 heavy (non-hydrogen) atoms. The zero-order chi connectivity index (χ0) is 16.5. The van der Waals surface area contributed by atoms with Crippen molar-refractivity contribution >= 4 is 11.9 Å². The molecular formula is C17H26O5. The first-order chi connectivity index (χ1) is 10.4.